The molecule has 2 aliphatic rings. The molecule has 0 radical (unpaired) electrons. The molecule has 1 saturated carbocycles. The van der Waals surface area contributed by atoms with Crippen molar-refractivity contribution in [2.75, 3.05) is 13.1 Å². The number of hydrogen-bond donors (Lipinski definition) is 1. The SMILES string of the molecule is O=C(OC1CCCCC1)N1CCCc2[nH]cnc2CC1. The van der Waals surface area contributed by atoms with Crippen LogP contribution in [0.4, 0.5) is 4.79 Å². The fraction of sp³-hybridized carbons (Fsp3) is 0.733. The number of H-pyrrole nitrogens is 1. The number of ether oxygens (including phenoxy) is 1. The topological polar surface area (TPSA) is 58.2 Å². The molecule has 1 fully saturated rings. The number of carbonyl (C=O) groups is 1. The Balaban J connectivity index is 1.55. The van der Waals surface area contributed by atoms with E-state index in [4.69, 9.17) is 4.74 Å². The van der Waals surface area contributed by atoms with Crippen LogP contribution >= 0.6 is 0 Å². The number of aryl methyl sites for hydroxylation is 1. The Morgan fingerprint density at radius 3 is 2.90 bits per heavy atom. The molecule has 0 atom stereocenters. The van der Waals surface area contributed by atoms with E-state index in [9.17, 15) is 4.79 Å². The quantitative estimate of drug-likeness (QED) is 0.858. The zero-order chi connectivity index (χ0) is 13.8. The minimum Gasteiger partial charge on any atom is -0.446 e. The van der Waals surface area contributed by atoms with E-state index in [2.05, 4.69) is 9.97 Å². The van der Waals surface area contributed by atoms with Crippen molar-refractivity contribution in [3.63, 3.8) is 0 Å². The first-order chi connectivity index (χ1) is 9.83. The van der Waals surface area contributed by atoms with Gasteiger partial charge in [-0.05, 0) is 38.5 Å². The number of nitrogens with one attached hydrogen (secondary N) is 1. The summed E-state index contributed by atoms with van der Waals surface area (Å²) in [5.41, 5.74) is 2.32. The molecule has 0 spiro atoms. The van der Waals surface area contributed by atoms with Gasteiger partial charge in [0, 0.05) is 25.2 Å². The summed E-state index contributed by atoms with van der Waals surface area (Å²) in [6.45, 7) is 1.49. The summed E-state index contributed by atoms with van der Waals surface area (Å²) in [7, 11) is 0. The summed E-state index contributed by atoms with van der Waals surface area (Å²) >= 11 is 0. The molecule has 1 N–H and O–H groups in total. The average Bonchev–Trinajstić information content (AvgIpc) is 2.86. The van der Waals surface area contributed by atoms with Gasteiger partial charge in [0.15, 0.2) is 0 Å². The minimum atomic E-state index is -0.129. The van der Waals surface area contributed by atoms with Gasteiger partial charge in [-0.2, -0.15) is 0 Å². The molecule has 5 nitrogen and oxygen atoms in total. The highest BCUT2D eigenvalue weighted by Gasteiger charge is 2.23. The molecule has 1 aromatic heterocycles. The molecule has 1 amide bonds. The van der Waals surface area contributed by atoms with Gasteiger partial charge in [-0.3, -0.25) is 0 Å². The highest BCUT2D eigenvalue weighted by molar-refractivity contribution is 5.67. The van der Waals surface area contributed by atoms with E-state index in [0.29, 0.717) is 6.54 Å². The lowest BCUT2D eigenvalue weighted by atomic mass is 9.98. The van der Waals surface area contributed by atoms with Crippen molar-refractivity contribution in [1.29, 1.82) is 0 Å². The van der Waals surface area contributed by atoms with Crippen LogP contribution in [0.3, 0.4) is 0 Å². The third-order valence-electron chi connectivity index (χ3n) is 4.36. The van der Waals surface area contributed by atoms with E-state index in [1.807, 2.05) is 4.90 Å². The predicted octanol–water partition coefficient (Wildman–Crippen LogP) is 2.67. The van der Waals surface area contributed by atoms with Crippen LogP contribution in [-0.4, -0.2) is 40.2 Å². The zero-order valence-corrected chi connectivity index (χ0v) is 11.9. The second kappa shape index (κ2) is 6.29. The second-order valence-corrected chi connectivity index (χ2v) is 5.81. The summed E-state index contributed by atoms with van der Waals surface area (Å²) in [6.07, 6.45) is 10.2. The van der Waals surface area contributed by atoms with E-state index in [1.165, 1.54) is 25.0 Å². The molecule has 1 aliphatic carbocycles. The number of rotatable bonds is 1. The normalized spacial score (nSPS) is 20.9. The lowest BCUT2D eigenvalue weighted by Gasteiger charge is -2.28. The van der Waals surface area contributed by atoms with Crippen molar-refractivity contribution in [3.8, 4) is 0 Å². The van der Waals surface area contributed by atoms with E-state index in [-0.39, 0.29) is 12.2 Å². The molecular formula is C15H23N3O2. The van der Waals surface area contributed by atoms with E-state index >= 15 is 0 Å². The van der Waals surface area contributed by atoms with Crippen LogP contribution in [0.5, 0.6) is 0 Å². The van der Waals surface area contributed by atoms with Crippen molar-refractivity contribution in [3.05, 3.63) is 17.7 Å². The Bertz CT molecular complexity index is 452. The lowest BCUT2D eigenvalue weighted by molar-refractivity contribution is 0.0454. The maximum atomic E-state index is 12.3. The molecule has 110 valence electrons. The van der Waals surface area contributed by atoms with Gasteiger partial charge in [0.2, 0.25) is 0 Å². The first-order valence-corrected chi connectivity index (χ1v) is 7.79. The Labute approximate surface area is 119 Å². The van der Waals surface area contributed by atoms with E-state index in [0.717, 1.165) is 44.3 Å². The van der Waals surface area contributed by atoms with Crippen molar-refractivity contribution in [2.24, 2.45) is 0 Å². The number of carbonyl (C=O) groups excluding carboxylic acids is 1. The summed E-state index contributed by atoms with van der Waals surface area (Å²) in [4.78, 5) is 21.6. The lowest BCUT2D eigenvalue weighted by Crippen LogP contribution is -2.38. The minimum absolute atomic E-state index is 0.129. The number of fused-ring (bicyclic) bond motifs is 1. The third-order valence-corrected chi connectivity index (χ3v) is 4.36. The van der Waals surface area contributed by atoms with Crippen LogP contribution in [0.15, 0.2) is 6.33 Å². The molecule has 20 heavy (non-hydrogen) atoms. The molecule has 3 rings (SSSR count). The molecule has 1 aromatic rings. The van der Waals surface area contributed by atoms with Gasteiger partial charge in [0.25, 0.3) is 0 Å². The number of nitrogens with zero attached hydrogens (tertiary/aromatic N) is 2. The molecule has 0 bridgehead atoms. The first-order valence-electron chi connectivity index (χ1n) is 7.79. The summed E-state index contributed by atoms with van der Waals surface area (Å²) in [5.74, 6) is 0. The van der Waals surface area contributed by atoms with Crippen molar-refractivity contribution >= 4 is 6.09 Å². The highest BCUT2D eigenvalue weighted by atomic mass is 16.6. The predicted molar refractivity (Wildman–Crippen MR) is 75.5 cm³/mol. The first kappa shape index (κ1) is 13.5. The number of amides is 1. The third kappa shape index (κ3) is 3.14. The van der Waals surface area contributed by atoms with Crippen LogP contribution < -0.4 is 0 Å². The smallest absolute Gasteiger partial charge is 0.410 e. The maximum Gasteiger partial charge on any atom is 0.410 e. The van der Waals surface area contributed by atoms with Crippen molar-refractivity contribution in [1.82, 2.24) is 14.9 Å². The molecule has 0 unspecified atom stereocenters. The molecular weight excluding hydrogens is 254 g/mol. The van der Waals surface area contributed by atoms with Gasteiger partial charge in [-0.15, -0.1) is 0 Å². The number of hydrogen-bond acceptors (Lipinski definition) is 3. The van der Waals surface area contributed by atoms with Gasteiger partial charge in [0.1, 0.15) is 6.10 Å². The van der Waals surface area contributed by atoms with E-state index < -0.39 is 0 Å². The number of aromatic amines is 1. The summed E-state index contributed by atoms with van der Waals surface area (Å²) < 4.78 is 5.66. The Kier molecular flexibility index (Phi) is 4.23. The Morgan fingerprint density at radius 1 is 1.20 bits per heavy atom. The Hall–Kier alpha value is -1.52. The van der Waals surface area contributed by atoms with Crippen LogP contribution in [0.25, 0.3) is 0 Å². The number of aromatic nitrogens is 2. The highest BCUT2D eigenvalue weighted by Crippen LogP contribution is 2.21. The van der Waals surface area contributed by atoms with Crippen LogP contribution in [0.2, 0.25) is 0 Å². The standard InChI is InChI=1S/C15H23N3O2/c19-15(20-12-5-2-1-3-6-12)18-9-4-7-13-14(8-10-18)17-11-16-13/h11-12H,1-10H2,(H,16,17). The van der Waals surface area contributed by atoms with Crippen molar-refractivity contribution < 1.29 is 9.53 Å². The molecule has 2 heterocycles. The molecule has 0 saturated heterocycles. The molecule has 0 aromatic carbocycles. The van der Waals surface area contributed by atoms with Crippen LogP contribution in [0, 0.1) is 0 Å². The summed E-state index contributed by atoms with van der Waals surface area (Å²) in [5, 5.41) is 0. The monoisotopic (exact) mass is 277 g/mol. The Morgan fingerprint density at radius 2 is 2.05 bits per heavy atom. The van der Waals surface area contributed by atoms with Gasteiger partial charge in [-0.25, -0.2) is 9.78 Å². The van der Waals surface area contributed by atoms with Gasteiger partial charge < -0.3 is 14.6 Å². The molecule has 5 heteroatoms. The van der Waals surface area contributed by atoms with Crippen molar-refractivity contribution in [2.45, 2.75) is 57.5 Å². The van der Waals surface area contributed by atoms with E-state index in [1.54, 1.807) is 6.33 Å². The number of imidazole rings is 1. The fourth-order valence-electron chi connectivity index (χ4n) is 3.16. The molecule has 1 aliphatic heterocycles. The van der Waals surface area contributed by atoms with Gasteiger partial charge in [0.05, 0.1) is 12.0 Å². The van der Waals surface area contributed by atoms with Gasteiger partial charge >= 0.3 is 6.09 Å². The van der Waals surface area contributed by atoms with Crippen LogP contribution in [-0.2, 0) is 17.6 Å². The zero-order valence-electron chi connectivity index (χ0n) is 11.9. The summed E-state index contributed by atoms with van der Waals surface area (Å²) in [6, 6.07) is 0. The second-order valence-electron chi connectivity index (χ2n) is 5.81. The average molecular weight is 277 g/mol. The van der Waals surface area contributed by atoms with Gasteiger partial charge in [-0.1, -0.05) is 6.42 Å². The maximum absolute atomic E-state index is 12.3. The fourth-order valence-corrected chi connectivity index (χ4v) is 3.16. The largest absolute Gasteiger partial charge is 0.446 e. The van der Waals surface area contributed by atoms with Crippen LogP contribution in [0.1, 0.15) is 49.9 Å².